The maximum Gasteiger partial charge on any atom is 0.243 e. The van der Waals surface area contributed by atoms with Crippen LogP contribution in [-0.4, -0.2) is 62.6 Å². The molecule has 2 rings (SSSR count). The second kappa shape index (κ2) is 10.7. The molecular formula is C21H30N3O6S. The minimum atomic E-state index is -3.86. The molecule has 2 N–H and O–H groups in total. The zero-order valence-corrected chi connectivity index (χ0v) is 18.9. The van der Waals surface area contributed by atoms with E-state index in [4.69, 9.17) is 4.74 Å². The largest absolute Gasteiger partial charge is 0.497 e. The molecule has 1 aliphatic heterocycles. The first-order valence-corrected chi connectivity index (χ1v) is 11.6. The number of sulfonamides is 1. The number of amides is 2. The number of benzene rings is 1. The monoisotopic (exact) mass is 452 g/mol. The number of nitrogens with one attached hydrogen (secondary N) is 2. The van der Waals surface area contributed by atoms with E-state index in [1.165, 1.54) is 19.2 Å². The molecule has 1 fully saturated rings. The highest BCUT2D eigenvalue weighted by molar-refractivity contribution is 7.89. The lowest BCUT2D eigenvalue weighted by atomic mass is 10.0. The highest BCUT2D eigenvalue weighted by Gasteiger charge is 2.34. The number of hydrogen-bond donors (Lipinski definition) is 2. The number of carbonyl (C=O) groups excluding carboxylic acids is 3. The van der Waals surface area contributed by atoms with E-state index in [0.717, 1.165) is 4.31 Å². The number of rotatable bonds is 8. The zero-order chi connectivity index (χ0) is 23.2. The van der Waals surface area contributed by atoms with Gasteiger partial charge in [0.15, 0.2) is 5.78 Å². The number of hydrogen-bond acceptors (Lipinski definition) is 6. The van der Waals surface area contributed by atoms with E-state index >= 15 is 0 Å². The van der Waals surface area contributed by atoms with Crippen LogP contribution in [0.1, 0.15) is 33.1 Å². The summed E-state index contributed by atoms with van der Waals surface area (Å²) in [4.78, 5) is 36.8. The predicted octanol–water partition coefficient (Wildman–Crippen LogP) is 0.899. The molecule has 31 heavy (non-hydrogen) atoms. The lowest BCUT2D eigenvalue weighted by molar-refractivity contribution is -0.130. The number of ketones is 1. The van der Waals surface area contributed by atoms with Gasteiger partial charge in [-0.1, -0.05) is 13.8 Å². The average molecular weight is 453 g/mol. The van der Waals surface area contributed by atoms with Crippen molar-refractivity contribution in [1.29, 1.82) is 0 Å². The van der Waals surface area contributed by atoms with Crippen molar-refractivity contribution in [3.8, 4) is 5.75 Å². The van der Waals surface area contributed by atoms with E-state index in [1.807, 2.05) is 13.8 Å². The van der Waals surface area contributed by atoms with E-state index in [2.05, 4.69) is 17.6 Å². The van der Waals surface area contributed by atoms with Gasteiger partial charge in [-0.3, -0.25) is 14.4 Å². The molecule has 2 amide bonds. The molecule has 0 aromatic heterocycles. The first kappa shape index (κ1) is 24.8. The summed E-state index contributed by atoms with van der Waals surface area (Å²) >= 11 is 0. The van der Waals surface area contributed by atoms with Crippen LogP contribution < -0.4 is 15.4 Å². The third kappa shape index (κ3) is 6.76. The normalized spacial score (nSPS) is 18.9. The number of carbonyl (C=O) groups is 3. The van der Waals surface area contributed by atoms with Crippen molar-refractivity contribution in [3.05, 3.63) is 31.2 Å². The van der Waals surface area contributed by atoms with Crippen LogP contribution in [0.15, 0.2) is 29.2 Å². The molecule has 0 saturated carbocycles. The van der Waals surface area contributed by atoms with Crippen LogP contribution in [0.3, 0.4) is 0 Å². The van der Waals surface area contributed by atoms with Gasteiger partial charge >= 0.3 is 0 Å². The lowest BCUT2D eigenvalue weighted by Crippen LogP contribution is -2.52. The van der Waals surface area contributed by atoms with Gasteiger partial charge in [0.2, 0.25) is 21.8 Å². The van der Waals surface area contributed by atoms with Crippen LogP contribution in [-0.2, 0) is 24.4 Å². The summed E-state index contributed by atoms with van der Waals surface area (Å²) in [6.45, 7) is 6.89. The van der Waals surface area contributed by atoms with Gasteiger partial charge in [-0.15, -0.1) is 0 Å². The smallest absolute Gasteiger partial charge is 0.243 e. The molecule has 0 bridgehead atoms. The summed E-state index contributed by atoms with van der Waals surface area (Å²) in [5.41, 5.74) is 0. The first-order chi connectivity index (χ1) is 14.5. The Hall–Kier alpha value is -2.46. The third-order valence-corrected chi connectivity index (χ3v) is 6.85. The summed E-state index contributed by atoms with van der Waals surface area (Å²) in [7, 11) is -2.38. The van der Waals surface area contributed by atoms with Gasteiger partial charge in [-0.2, -0.15) is 4.31 Å². The molecule has 1 aromatic carbocycles. The molecule has 10 heteroatoms. The van der Waals surface area contributed by atoms with Crippen molar-refractivity contribution in [2.24, 2.45) is 5.92 Å². The predicted molar refractivity (Wildman–Crippen MR) is 115 cm³/mol. The Kier molecular flexibility index (Phi) is 8.58. The first-order valence-electron chi connectivity index (χ1n) is 10.1. The molecule has 1 unspecified atom stereocenters. The Bertz CT molecular complexity index is 898. The van der Waals surface area contributed by atoms with Crippen LogP contribution in [0, 0.1) is 12.8 Å². The average Bonchev–Trinajstić information content (AvgIpc) is 2.88. The highest BCUT2D eigenvalue weighted by atomic mass is 32.2. The lowest BCUT2D eigenvalue weighted by Gasteiger charge is -2.23. The van der Waals surface area contributed by atoms with E-state index in [0.29, 0.717) is 25.0 Å². The fourth-order valence-electron chi connectivity index (χ4n) is 3.42. The van der Waals surface area contributed by atoms with Crippen LogP contribution in [0.5, 0.6) is 5.75 Å². The van der Waals surface area contributed by atoms with Crippen molar-refractivity contribution in [3.63, 3.8) is 0 Å². The second-order valence-corrected chi connectivity index (χ2v) is 9.87. The fourth-order valence-corrected chi connectivity index (χ4v) is 4.86. The van der Waals surface area contributed by atoms with Gasteiger partial charge in [0.1, 0.15) is 11.8 Å². The summed E-state index contributed by atoms with van der Waals surface area (Å²) in [6.07, 6.45) is 1.11. The van der Waals surface area contributed by atoms with Gasteiger partial charge in [0.25, 0.3) is 0 Å². The second-order valence-electron chi connectivity index (χ2n) is 7.93. The third-order valence-electron chi connectivity index (χ3n) is 4.99. The number of Topliss-reactive ketones (excluding diaryl/α,β-unsaturated/α-hetero) is 1. The molecule has 1 aromatic rings. The van der Waals surface area contributed by atoms with Crippen LogP contribution in [0.2, 0.25) is 0 Å². The quantitative estimate of drug-likeness (QED) is 0.604. The maximum absolute atomic E-state index is 13.0. The summed E-state index contributed by atoms with van der Waals surface area (Å²) in [5.74, 6) is -0.788. The van der Waals surface area contributed by atoms with Gasteiger partial charge < -0.3 is 15.4 Å². The Balaban J connectivity index is 2.10. The SMILES string of the molecule is [CH2]C(=O)N[C@@H](CC(C)C)C(=O)NC1CCCN(S(=O)(=O)c2ccc(OC)cc2)CC1=O. The molecule has 2 atom stereocenters. The van der Waals surface area contributed by atoms with Crippen molar-refractivity contribution in [2.45, 2.75) is 50.1 Å². The minimum absolute atomic E-state index is 0.0683. The van der Waals surface area contributed by atoms with Crippen molar-refractivity contribution < 1.29 is 27.5 Å². The molecule has 0 aliphatic carbocycles. The zero-order valence-electron chi connectivity index (χ0n) is 18.1. The number of ether oxygens (including phenoxy) is 1. The highest BCUT2D eigenvalue weighted by Crippen LogP contribution is 2.22. The van der Waals surface area contributed by atoms with E-state index in [-0.39, 0.29) is 23.9 Å². The van der Waals surface area contributed by atoms with Crippen LogP contribution in [0.4, 0.5) is 0 Å². The van der Waals surface area contributed by atoms with E-state index in [9.17, 15) is 22.8 Å². The molecule has 171 valence electrons. The number of nitrogens with zero attached hydrogens (tertiary/aromatic N) is 1. The standard InChI is InChI=1S/C21H30N3O6S/c1-14(2)12-19(22-15(3)25)21(27)23-18-6-5-11-24(13-20(18)26)31(28,29)17-9-7-16(30-4)8-10-17/h7-10,14,18-19H,3,5-6,11-13H2,1-2,4H3,(H,22,25)(H,23,27)/t18?,19-/m0/s1. The Morgan fingerprint density at radius 1 is 1.26 bits per heavy atom. The van der Waals surface area contributed by atoms with Gasteiger partial charge in [0, 0.05) is 13.5 Å². The van der Waals surface area contributed by atoms with E-state index in [1.54, 1.807) is 12.1 Å². The maximum atomic E-state index is 13.0. The number of methoxy groups -OCH3 is 1. The van der Waals surface area contributed by atoms with Crippen molar-refractivity contribution >= 4 is 27.6 Å². The fraction of sp³-hybridized carbons (Fsp3) is 0.524. The Labute approximate surface area is 183 Å². The van der Waals surface area contributed by atoms with Crippen molar-refractivity contribution in [1.82, 2.24) is 14.9 Å². The molecule has 1 heterocycles. The summed E-state index contributed by atoms with van der Waals surface area (Å²) < 4.78 is 32.1. The molecular weight excluding hydrogens is 422 g/mol. The van der Waals surface area contributed by atoms with E-state index < -0.39 is 39.7 Å². The Morgan fingerprint density at radius 3 is 2.45 bits per heavy atom. The van der Waals surface area contributed by atoms with Crippen LogP contribution in [0.25, 0.3) is 0 Å². The van der Waals surface area contributed by atoms with Crippen molar-refractivity contribution in [2.75, 3.05) is 20.2 Å². The Morgan fingerprint density at radius 2 is 1.90 bits per heavy atom. The molecule has 9 nitrogen and oxygen atoms in total. The molecule has 1 radical (unpaired) electrons. The minimum Gasteiger partial charge on any atom is -0.497 e. The van der Waals surface area contributed by atoms with Crippen LogP contribution >= 0.6 is 0 Å². The molecule has 0 spiro atoms. The van der Waals surface area contributed by atoms with Gasteiger partial charge in [-0.25, -0.2) is 8.42 Å². The molecule has 1 saturated heterocycles. The summed E-state index contributed by atoms with van der Waals surface area (Å²) in [5, 5.41) is 5.18. The van der Waals surface area contributed by atoms with Gasteiger partial charge in [-0.05, 0) is 49.4 Å². The topological polar surface area (TPSA) is 122 Å². The van der Waals surface area contributed by atoms with Gasteiger partial charge in [0.05, 0.1) is 24.6 Å². The summed E-state index contributed by atoms with van der Waals surface area (Å²) in [6, 6.07) is 4.32. The molecule has 1 aliphatic rings.